The standard InChI is InChI=1S/C13H14N2O/c1-2-6-12(16)15-10-9-14-13(15)11-7-4-3-5-8-11/h3-5,7-10H,2,6H2,1H3. The van der Waals surface area contributed by atoms with Gasteiger partial charge in [-0.1, -0.05) is 37.3 Å². The highest BCUT2D eigenvalue weighted by atomic mass is 16.2. The Hall–Kier alpha value is -1.90. The predicted molar refractivity (Wildman–Crippen MR) is 63.2 cm³/mol. The van der Waals surface area contributed by atoms with E-state index in [0.29, 0.717) is 6.42 Å². The second kappa shape index (κ2) is 4.75. The van der Waals surface area contributed by atoms with Gasteiger partial charge < -0.3 is 0 Å². The molecule has 3 heteroatoms. The number of benzene rings is 1. The van der Waals surface area contributed by atoms with E-state index >= 15 is 0 Å². The van der Waals surface area contributed by atoms with Crippen molar-refractivity contribution in [2.75, 3.05) is 0 Å². The van der Waals surface area contributed by atoms with Gasteiger partial charge in [0.1, 0.15) is 5.82 Å². The molecule has 1 aromatic carbocycles. The molecule has 2 rings (SSSR count). The van der Waals surface area contributed by atoms with Crippen molar-refractivity contribution in [2.24, 2.45) is 0 Å². The van der Waals surface area contributed by atoms with Crippen LogP contribution < -0.4 is 0 Å². The molecule has 0 saturated carbocycles. The van der Waals surface area contributed by atoms with Crippen LogP contribution in [-0.2, 0) is 0 Å². The van der Waals surface area contributed by atoms with Crippen LogP contribution in [0.25, 0.3) is 11.4 Å². The van der Waals surface area contributed by atoms with Crippen molar-refractivity contribution < 1.29 is 4.79 Å². The van der Waals surface area contributed by atoms with Crippen LogP contribution in [0.5, 0.6) is 0 Å². The van der Waals surface area contributed by atoms with Gasteiger partial charge in [-0.05, 0) is 6.42 Å². The molecule has 0 spiro atoms. The van der Waals surface area contributed by atoms with E-state index in [4.69, 9.17) is 0 Å². The maximum absolute atomic E-state index is 11.8. The number of carbonyl (C=O) groups excluding carboxylic acids is 1. The van der Waals surface area contributed by atoms with E-state index in [1.165, 1.54) is 0 Å². The summed E-state index contributed by atoms with van der Waals surface area (Å²) in [6.07, 6.45) is 4.79. The van der Waals surface area contributed by atoms with Crippen molar-refractivity contribution in [1.82, 2.24) is 9.55 Å². The summed E-state index contributed by atoms with van der Waals surface area (Å²) < 4.78 is 1.62. The van der Waals surface area contributed by atoms with Crippen LogP contribution >= 0.6 is 0 Å². The largest absolute Gasteiger partial charge is 0.274 e. The monoisotopic (exact) mass is 214 g/mol. The first-order valence-corrected chi connectivity index (χ1v) is 5.45. The highest BCUT2D eigenvalue weighted by Gasteiger charge is 2.10. The Balaban J connectivity index is 2.37. The predicted octanol–water partition coefficient (Wildman–Crippen LogP) is 2.99. The van der Waals surface area contributed by atoms with Crippen molar-refractivity contribution in [3.05, 3.63) is 42.7 Å². The van der Waals surface area contributed by atoms with Gasteiger partial charge in [0, 0.05) is 24.4 Å². The first kappa shape index (κ1) is 10.6. The fraction of sp³-hybridized carbons (Fsp3) is 0.231. The lowest BCUT2D eigenvalue weighted by Gasteiger charge is -2.05. The second-order valence-corrected chi connectivity index (χ2v) is 3.63. The summed E-state index contributed by atoms with van der Waals surface area (Å²) in [7, 11) is 0. The first-order valence-electron chi connectivity index (χ1n) is 5.45. The van der Waals surface area contributed by atoms with Crippen LogP contribution in [0.2, 0.25) is 0 Å². The van der Waals surface area contributed by atoms with E-state index in [-0.39, 0.29) is 5.91 Å². The first-order chi connectivity index (χ1) is 7.83. The van der Waals surface area contributed by atoms with Crippen LogP contribution in [0.15, 0.2) is 42.7 Å². The van der Waals surface area contributed by atoms with E-state index < -0.39 is 0 Å². The lowest BCUT2D eigenvalue weighted by molar-refractivity contribution is 0.0903. The zero-order valence-corrected chi connectivity index (χ0v) is 9.26. The molecule has 3 nitrogen and oxygen atoms in total. The van der Waals surface area contributed by atoms with Crippen LogP contribution in [0, 0.1) is 0 Å². The number of rotatable bonds is 3. The number of nitrogens with zero attached hydrogens (tertiary/aromatic N) is 2. The smallest absolute Gasteiger partial charge is 0.232 e. The third-order valence-electron chi connectivity index (χ3n) is 2.41. The van der Waals surface area contributed by atoms with Crippen LogP contribution in [0.3, 0.4) is 0 Å². The highest BCUT2D eigenvalue weighted by Crippen LogP contribution is 2.17. The van der Waals surface area contributed by atoms with Gasteiger partial charge in [0.15, 0.2) is 0 Å². The second-order valence-electron chi connectivity index (χ2n) is 3.63. The molecule has 0 atom stereocenters. The van der Waals surface area contributed by atoms with Crippen molar-refractivity contribution in [2.45, 2.75) is 19.8 Å². The van der Waals surface area contributed by atoms with Gasteiger partial charge >= 0.3 is 0 Å². The van der Waals surface area contributed by atoms with Gasteiger partial charge in [-0.25, -0.2) is 4.98 Å². The minimum Gasteiger partial charge on any atom is -0.274 e. The Morgan fingerprint density at radius 3 is 2.75 bits per heavy atom. The fourth-order valence-electron chi connectivity index (χ4n) is 1.64. The number of hydrogen-bond donors (Lipinski definition) is 0. The average molecular weight is 214 g/mol. The molecule has 2 aromatic rings. The fourth-order valence-corrected chi connectivity index (χ4v) is 1.64. The Kier molecular flexibility index (Phi) is 3.15. The zero-order chi connectivity index (χ0) is 11.4. The van der Waals surface area contributed by atoms with E-state index in [0.717, 1.165) is 17.8 Å². The van der Waals surface area contributed by atoms with Crippen molar-refractivity contribution in [3.63, 3.8) is 0 Å². The average Bonchev–Trinajstić information content (AvgIpc) is 2.79. The Labute approximate surface area is 94.7 Å². The summed E-state index contributed by atoms with van der Waals surface area (Å²) in [6.45, 7) is 2.00. The van der Waals surface area contributed by atoms with Gasteiger partial charge in [0.25, 0.3) is 0 Å². The molecule has 0 unspecified atom stereocenters. The molecule has 82 valence electrons. The molecular weight excluding hydrogens is 200 g/mol. The van der Waals surface area contributed by atoms with E-state index in [2.05, 4.69) is 4.98 Å². The molecule has 0 aliphatic heterocycles. The minimum absolute atomic E-state index is 0.0962. The Bertz CT molecular complexity index is 474. The lowest BCUT2D eigenvalue weighted by atomic mass is 10.2. The summed E-state index contributed by atoms with van der Waals surface area (Å²) in [4.78, 5) is 16.1. The molecule has 0 aliphatic rings. The van der Waals surface area contributed by atoms with Crippen LogP contribution in [0.4, 0.5) is 0 Å². The third-order valence-corrected chi connectivity index (χ3v) is 2.41. The maximum Gasteiger partial charge on any atom is 0.232 e. The maximum atomic E-state index is 11.8. The molecule has 0 radical (unpaired) electrons. The Morgan fingerprint density at radius 2 is 2.06 bits per heavy atom. The van der Waals surface area contributed by atoms with Crippen molar-refractivity contribution in [3.8, 4) is 11.4 Å². The lowest BCUT2D eigenvalue weighted by Crippen LogP contribution is -2.10. The summed E-state index contributed by atoms with van der Waals surface area (Å²) in [5.74, 6) is 0.818. The molecule has 0 bridgehead atoms. The highest BCUT2D eigenvalue weighted by molar-refractivity contribution is 5.83. The molecule has 0 aliphatic carbocycles. The molecule has 0 saturated heterocycles. The van der Waals surface area contributed by atoms with Crippen LogP contribution in [-0.4, -0.2) is 15.5 Å². The third kappa shape index (κ3) is 2.03. The number of imidazole rings is 1. The normalized spacial score (nSPS) is 10.3. The van der Waals surface area contributed by atoms with Gasteiger partial charge in [-0.2, -0.15) is 0 Å². The molecular formula is C13H14N2O. The molecule has 1 heterocycles. The van der Waals surface area contributed by atoms with Gasteiger partial charge in [0.2, 0.25) is 5.91 Å². The number of carbonyl (C=O) groups is 1. The zero-order valence-electron chi connectivity index (χ0n) is 9.26. The quantitative estimate of drug-likeness (QED) is 0.787. The van der Waals surface area contributed by atoms with Gasteiger partial charge in [-0.15, -0.1) is 0 Å². The topological polar surface area (TPSA) is 34.9 Å². The Morgan fingerprint density at radius 1 is 1.31 bits per heavy atom. The summed E-state index contributed by atoms with van der Waals surface area (Å²) >= 11 is 0. The summed E-state index contributed by atoms with van der Waals surface area (Å²) in [5.41, 5.74) is 0.969. The molecule has 0 amide bonds. The number of hydrogen-bond acceptors (Lipinski definition) is 2. The number of aromatic nitrogens is 2. The van der Waals surface area contributed by atoms with Crippen LogP contribution in [0.1, 0.15) is 24.6 Å². The van der Waals surface area contributed by atoms with E-state index in [9.17, 15) is 4.79 Å². The summed E-state index contributed by atoms with van der Waals surface area (Å²) in [6, 6.07) is 9.75. The SMILES string of the molecule is CCCC(=O)n1ccnc1-c1ccccc1. The molecule has 16 heavy (non-hydrogen) atoms. The van der Waals surface area contributed by atoms with Crippen molar-refractivity contribution in [1.29, 1.82) is 0 Å². The molecule has 1 aromatic heterocycles. The summed E-state index contributed by atoms with van der Waals surface area (Å²) in [5, 5.41) is 0. The van der Waals surface area contributed by atoms with E-state index in [1.54, 1.807) is 17.0 Å². The molecule has 0 fully saturated rings. The minimum atomic E-state index is 0.0962. The van der Waals surface area contributed by atoms with Gasteiger partial charge in [0.05, 0.1) is 0 Å². The van der Waals surface area contributed by atoms with E-state index in [1.807, 2.05) is 37.3 Å². The van der Waals surface area contributed by atoms with Crippen molar-refractivity contribution >= 4 is 5.91 Å². The van der Waals surface area contributed by atoms with Gasteiger partial charge in [-0.3, -0.25) is 9.36 Å². The molecule has 0 N–H and O–H groups in total.